The van der Waals surface area contributed by atoms with Crippen LogP contribution in [0.2, 0.25) is 0 Å². The molecule has 0 aliphatic carbocycles. The second-order valence-electron chi connectivity index (χ2n) is 3.43. The molecule has 0 saturated heterocycles. The number of aromatic nitrogens is 3. The number of aryl methyl sites for hydroxylation is 1. The maximum atomic E-state index is 5.66. The SMILES string of the molecule is CCCn1nncc1C(CCCCl)NN. The van der Waals surface area contributed by atoms with Gasteiger partial charge >= 0.3 is 0 Å². The molecule has 15 heavy (non-hydrogen) atoms. The highest BCUT2D eigenvalue weighted by molar-refractivity contribution is 6.17. The van der Waals surface area contributed by atoms with Gasteiger partial charge in [0, 0.05) is 12.4 Å². The molecule has 86 valence electrons. The van der Waals surface area contributed by atoms with Gasteiger partial charge in [-0.1, -0.05) is 12.1 Å². The molecule has 0 fully saturated rings. The summed E-state index contributed by atoms with van der Waals surface area (Å²) in [5, 5.41) is 7.92. The predicted octanol–water partition coefficient (Wildman–Crippen LogP) is 1.21. The molecule has 3 N–H and O–H groups in total. The van der Waals surface area contributed by atoms with Gasteiger partial charge in [0.25, 0.3) is 0 Å². The van der Waals surface area contributed by atoms with Crippen molar-refractivity contribution in [2.24, 2.45) is 5.84 Å². The minimum atomic E-state index is 0.0882. The van der Waals surface area contributed by atoms with Crippen molar-refractivity contribution in [1.82, 2.24) is 20.4 Å². The fourth-order valence-corrected chi connectivity index (χ4v) is 1.67. The number of nitrogens with one attached hydrogen (secondary N) is 1. The lowest BCUT2D eigenvalue weighted by Gasteiger charge is -2.15. The minimum Gasteiger partial charge on any atom is -0.271 e. The van der Waals surface area contributed by atoms with Crippen LogP contribution in [0.4, 0.5) is 0 Å². The Balaban J connectivity index is 2.67. The van der Waals surface area contributed by atoms with E-state index in [2.05, 4.69) is 22.7 Å². The number of alkyl halides is 1. The average Bonchev–Trinajstić information content (AvgIpc) is 2.68. The third-order valence-corrected chi connectivity index (χ3v) is 2.53. The van der Waals surface area contributed by atoms with E-state index in [1.54, 1.807) is 6.20 Å². The zero-order valence-corrected chi connectivity index (χ0v) is 9.74. The zero-order valence-electron chi connectivity index (χ0n) is 8.99. The number of hydrogen-bond acceptors (Lipinski definition) is 4. The number of halogens is 1. The van der Waals surface area contributed by atoms with Gasteiger partial charge in [0.05, 0.1) is 17.9 Å². The first-order valence-electron chi connectivity index (χ1n) is 5.24. The molecule has 0 spiro atoms. The van der Waals surface area contributed by atoms with Crippen molar-refractivity contribution >= 4 is 11.6 Å². The topological polar surface area (TPSA) is 68.8 Å². The summed E-state index contributed by atoms with van der Waals surface area (Å²) in [7, 11) is 0. The lowest BCUT2D eigenvalue weighted by atomic mass is 10.1. The van der Waals surface area contributed by atoms with E-state index in [0.717, 1.165) is 31.5 Å². The summed E-state index contributed by atoms with van der Waals surface area (Å²) in [6.07, 6.45) is 4.61. The van der Waals surface area contributed by atoms with E-state index < -0.39 is 0 Å². The molecule has 5 nitrogen and oxygen atoms in total. The number of nitrogens with zero attached hydrogens (tertiary/aromatic N) is 3. The Bertz CT molecular complexity index is 275. The molecular weight excluding hydrogens is 214 g/mol. The van der Waals surface area contributed by atoms with E-state index >= 15 is 0 Å². The molecule has 0 aliphatic heterocycles. The van der Waals surface area contributed by atoms with Crippen LogP contribution in [0, 0.1) is 0 Å². The quantitative estimate of drug-likeness (QED) is 0.421. The number of hydrogen-bond donors (Lipinski definition) is 2. The first-order valence-corrected chi connectivity index (χ1v) is 5.77. The molecule has 1 rings (SSSR count). The van der Waals surface area contributed by atoms with Crippen LogP contribution in [0.15, 0.2) is 6.20 Å². The van der Waals surface area contributed by atoms with E-state index in [1.807, 2.05) is 4.68 Å². The molecule has 0 aromatic carbocycles. The smallest absolute Gasteiger partial charge is 0.0770 e. The molecule has 0 aliphatic rings. The van der Waals surface area contributed by atoms with E-state index in [4.69, 9.17) is 17.4 Å². The summed E-state index contributed by atoms with van der Waals surface area (Å²) in [6, 6.07) is 0.0882. The molecule has 1 aromatic heterocycles. The monoisotopic (exact) mass is 231 g/mol. The second kappa shape index (κ2) is 6.76. The Morgan fingerprint density at radius 2 is 2.47 bits per heavy atom. The molecule has 6 heteroatoms. The maximum absolute atomic E-state index is 5.66. The highest BCUT2D eigenvalue weighted by Gasteiger charge is 2.14. The van der Waals surface area contributed by atoms with Crippen molar-refractivity contribution in [3.63, 3.8) is 0 Å². The fraction of sp³-hybridized carbons (Fsp3) is 0.778. The van der Waals surface area contributed by atoms with Crippen LogP contribution >= 0.6 is 11.6 Å². The van der Waals surface area contributed by atoms with E-state index in [0.29, 0.717) is 5.88 Å². The van der Waals surface area contributed by atoms with Crippen LogP contribution in [-0.4, -0.2) is 20.9 Å². The number of nitrogens with two attached hydrogens (primary N) is 1. The Morgan fingerprint density at radius 1 is 1.67 bits per heavy atom. The highest BCUT2D eigenvalue weighted by Crippen LogP contribution is 2.16. The largest absolute Gasteiger partial charge is 0.271 e. The molecule has 0 amide bonds. The van der Waals surface area contributed by atoms with Crippen molar-refractivity contribution in [3.05, 3.63) is 11.9 Å². The van der Waals surface area contributed by atoms with Gasteiger partial charge in [0.15, 0.2) is 0 Å². The predicted molar refractivity (Wildman–Crippen MR) is 60.3 cm³/mol. The first-order chi connectivity index (χ1) is 7.33. The summed E-state index contributed by atoms with van der Waals surface area (Å²) in [5.41, 5.74) is 3.81. The van der Waals surface area contributed by atoms with Crippen LogP contribution in [0.1, 0.15) is 37.9 Å². The van der Waals surface area contributed by atoms with Gasteiger partial charge in [-0.3, -0.25) is 11.3 Å². The van der Waals surface area contributed by atoms with E-state index in [9.17, 15) is 0 Å². The Kier molecular flexibility index (Phi) is 5.60. The summed E-state index contributed by atoms with van der Waals surface area (Å²) >= 11 is 5.66. The standard InChI is InChI=1S/C9H18ClN5/c1-2-6-15-9(7-12-14-15)8(13-11)4-3-5-10/h7-8,13H,2-6,11H2,1H3. The third kappa shape index (κ3) is 3.44. The van der Waals surface area contributed by atoms with Gasteiger partial charge in [-0.2, -0.15) is 0 Å². The van der Waals surface area contributed by atoms with Crippen LogP contribution < -0.4 is 11.3 Å². The van der Waals surface area contributed by atoms with Crippen molar-refractivity contribution < 1.29 is 0 Å². The third-order valence-electron chi connectivity index (χ3n) is 2.27. The van der Waals surface area contributed by atoms with Gasteiger partial charge in [0.2, 0.25) is 0 Å². The zero-order chi connectivity index (χ0) is 11.1. The van der Waals surface area contributed by atoms with Crippen molar-refractivity contribution in [1.29, 1.82) is 0 Å². The number of hydrazine groups is 1. The van der Waals surface area contributed by atoms with Crippen LogP contribution in [-0.2, 0) is 6.54 Å². The van der Waals surface area contributed by atoms with Crippen molar-refractivity contribution in [2.75, 3.05) is 5.88 Å². The van der Waals surface area contributed by atoms with Crippen LogP contribution in [0.3, 0.4) is 0 Å². The summed E-state index contributed by atoms with van der Waals surface area (Å²) < 4.78 is 1.89. The maximum Gasteiger partial charge on any atom is 0.0770 e. The van der Waals surface area contributed by atoms with Crippen molar-refractivity contribution in [3.8, 4) is 0 Å². The molecule has 0 saturated carbocycles. The summed E-state index contributed by atoms with van der Waals surface area (Å²) in [6.45, 7) is 2.98. The second-order valence-corrected chi connectivity index (χ2v) is 3.81. The Hall–Kier alpha value is -0.650. The Labute approximate surface area is 94.9 Å². The fourth-order valence-electron chi connectivity index (χ4n) is 1.52. The van der Waals surface area contributed by atoms with Gasteiger partial charge < -0.3 is 0 Å². The lowest BCUT2D eigenvalue weighted by Crippen LogP contribution is -2.30. The lowest BCUT2D eigenvalue weighted by molar-refractivity contribution is 0.452. The van der Waals surface area contributed by atoms with Crippen LogP contribution in [0.5, 0.6) is 0 Å². The first kappa shape index (κ1) is 12.4. The van der Waals surface area contributed by atoms with Gasteiger partial charge in [-0.05, 0) is 19.3 Å². The summed E-state index contributed by atoms with van der Waals surface area (Å²) in [4.78, 5) is 0. The van der Waals surface area contributed by atoms with E-state index in [-0.39, 0.29) is 6.04 Å². The highest BCUT2D eigenvalue weighted by atomic mass is 35.5. The van der Waals surface area contributed by atoms with E-state index in [1.165, 1.54) is 0 Å². The number of rotatable bonds is 7. The normalized spacial score (nSPS) is 13.0. The Morgan fingerprint density at radius 3 is 3.07 bits per heavy atom. The average molecular weight is 232 g/mol. The molecular formula is C9H18ClN5. The van der Waals surface area contributed by atoms with Crippen molar-refractivity contribution in [2.45, 2.75) is 38.8 Å². The molecule has 1 unspecified atom stereocenters. The summed E-state index contributed by atoms with van der Waals surface area (Å²) in [5.74, 6) is 6.15. The minimum absolute atomic E-state index is 0.0882. The molecule has 1 aromatic rings. The van der Waals surface area contributed by atoms with Crippen LogP contribution in [0.25, 0.3) is 0 Å². The van der Waals surface area contributed by atoms with Gasteiger partial charge in [-0.15, -0.1) is 16.7 Å². The molecule has 1 atom stereocenters. The molecule has 0 radical (unpaired) electrons. The molecule has 1 heterocycles. The molecule has 0 bridgehead atoms. The van der Waals surface area contributed by atoms with Gasteiger partial charge in [0.1, 0.15) is 0 Å². The van der Waals surface area contributed by atoms with Gasteiger partial charge in [-0.25, -0.2) is 4.68 Å².